The van der Waals surface area contributed by atoms with Gasteiger partial charge in [-0.05, 0) is 57.1 Å². The van der Waals surface area contributed by atoms with E-state index in [-0.39, 0.29) is 42.5 Å². The van der Waals surface area contributed by atoms with Crippen LogP contribution in [0.3, 0.4) is 0 Å². The summed E-state index contributed by atoms with van der Waals surface area (Å²) < 4.78 is 72.7. The summed E-state index contributed by atoms with van der Waals surface area (Å²) in [5.74, 6) is -2.18. The number of nitrogens with one attached hydrogen (secondary N) is 2. The van der Waals surface area contributed by atoms with Crippen LogP contribution in [-0.2, 0) is 32.5 Å². The summed E-state index contributed by atoms with van der Waals surface area (Å²) in [5, 5.41) is 10.3. The number of aromatic nitrogens is 2. The average molecular weight is 677 g/mol. The third-order valence-electron chi connectivity index (χ3n) is 8.00. The summed E-state index contributed by atoms with van der Waals surface area (Å²) in [6, 6.07) is 6.86. The van der Waals surface area contributed by atoms with E-state index in [0.717, 1.165) is 40.8 Å². The molecule has 0 unspecified atom stereocenters. The standard InChI is InChI=1S/C31H38F2N6O7S/c1-20(19-44-2)34-27-17-23(46-13-12-37-9-4-5-10-37)6-7-25(27)30(40)35-29-26-18-38(11-8-28(26)39(36-29)31(41)45-3)47(42,43)24-15-21(32)14-22(33)16-24/h6-7,14-17,20,34H,4-5,8-13,18-19H2,1-3H3,(H,35,36,40)/t20-/m0/s1. The quantitative estimate of drug-likeness (QED) is 0.292. The number of carbonyl (C=O) groups is 2. The van der Waals surface area contributed by atoms with Gasteiger partial charge in [0.25, 0.3) is 5.91 Å². The molecule has 2 aromatic carbocycles. The van der Waals surface area contributed by atoms with Crippen molar-refractivity contribution in [2.75, 3.05) is 64.2 Å². The van der Waals surface area contributed by atoms with Gasteiger partial charge in [0.15, 0.2) is 5.82 Å². The number of anilines is 2. The van der Waals surface area contributed by atoms with Gasteiger partial charge in [0, 0.05) is 56.9 Å². The molecule has 1 atom stereocenters. The number of fused-ring (bicyclic) bond motifs is 1. The number of halogens is 2. The highest BCUT2D eigenvalue weighted by Gasteiger charge is 2.35. The number of likely N-dealkylation sites (tertiary alicyclic amines) is 1. The molecule has 0 spiro atoms. The lowest BCUT2D eigenvalue weighted by Gasteiger charge is -2.27. The number of benzene rings is 2. The van der Waals surface area contributed by atoms with Crippen LogP contribution in [0.25, 0.3) is 0 Å². The average Bonchev–Trinajstić information content (AvgIpc) is 3.68. The maximum Gasteiger partial charge on any atom is 0.434 e. The minimum absolute atomic E-state index is 0.00906. The van der Waals surface area contributed by atoms with Crippen LogP contribution in [-0.4, -0.2) is 99.1 Å². The van der Waals surface area contributed by atoms with Crippen LogP contribution in [0.15, 0.2) is 41.3 Å². The van der Waals surface area contributed by atoms with Crippen molar-refractivity contribution in [1.29, 1.82) is 0 Å². The SMILES string of the molecule is COC[C@H](C)Nc1cc(OCCN2CCCC2)ccc1C(=O)Nc1nn(C(=O)OC)c2c1CN(S(=O)(=O)c1cc(F)cc(F)c1)CC2. The molecule has 2 aliphatic heterocycles. The predicted molar refractivity (Wildman–Crippen MR) is 168 cm³/mol. The summed E-state index contributed by atoms with van der Waals surface area (Å²) in [5.41, 5.74) is 1.26. The molecule has 3 aromatic rings. The zero-order chi connectivity index (χ0) is 33.7. The maximum absolute atomic E-state index is 13.9. The highest BCUT2D eigenvalue weighted by Crippen LogP contribution is 2.32. The minimum Gasteiger partial charge on any atom is -0.492 e. The molecule has 16 heteroatoms. The number of rotatable bonds is 12. The smallest absolute Gasteiger partial charge is 0.434 e. The van der Waals surface area contributed by atoms with Gasteiger partial charge in [0.1, 0.15) is 24.0 Å². The van der Waals surface area contributed by atoms with Gasteiger partial charge in [-0.1, -0.05) is 0 Å². The second-order valence-electron chi connectivity index (χ2n) is 11.4. The molecule has 1 amide bonds. The molecule has 254 valence electrons. The Morgan fingerprint density at radius 2 is 1.77 bits per heavy atom. The van der Waals surface area contributed by atoms with E-state index in [2.05, 4.69) is 20.6 Å². The molecular weight excluding hydrogens is 638 g/mol. The van der Waals surface area contributed by atoms with Gasteiger partial charge in [-0.15, -0.1) is 5.10 Å². The second kappa shape index (κ2) is 14.8. The lowest BCUT2D eigenvalue weighted by Crippen LogP contribution is -2.37. The van der Waals surface area contributed by atoms with Crippen LogP contribution in [0.2, 0.25) is 0 Å². The van der Waals surface area contributed by atoms with Crippen molar-refractivity contribution in [3.8, 4) is 5.75 Å². The van der Waals surface area contributed by atoms with Crippen molar-refractivity contribution in [3.63, 3.8) is 0 Å². The van der Waals surface area contributed by atoms with E-state index >= 15 is 0 Å². The van der Waals surface area contributed by atoms with Gasteiger partial charge >= 0.3 is 6.09 Å². The topological polar surface area (TPSA) is 144 Å². The molecule has 0 radical (unpaired) electrons. The Kier molecular flexibility index (Phi) is 10.7. The van der Waals surface area contributed by atoms with Gasteiger partial charge in [0.05, 0.1) is 35.6 Å². The molecular formula is C31H38F2N6O7S. The molecule has 2 N–H and O–H groups in total. The molecule has 0 aliphatic carbocycles. The van der Waals surface area contributed by atoms with E-state index in [1.54, 1.807) is 25.3 Å². The molecule has 1 fully saturated rings. The van der Waals surface area contributed by atoms with Crippen LogP contribution < -0.4 is 15.4 Å². The molecule has 0 saturated carbocycles. The van der Waals surface area contributed by atoms with E-state index in [4.69, 9.17) is 14.2 Å². The van der Waals surface area contributed by atoms with Crippen LogP contribution in [0, 0.1) is 11.6 Å². The number of sulfonamides is 1. The van der Waals surface area contributed by atoms with Crippen LogP contribution in [0.1, 0.15) is 41.4 Å². The fraction of sp³-hybridized carbons (Fsp3) is 0.452. The van der Waals surface area contributed by atoms with Crippen molar-refractivity contribution in [2.24, 2.45) is 0 Å². The monoisotopic (exact) mass is 676 g/mol. The summed E-state index contributed by atoms with van der Waals surface area (Å²) >= 11 is 0. The third-order valence-corrected chi connectivity index (χ3v) is 9.83. The first-order valence-electron chi connectivity index (χ1n) is 15.2. The van der Waals surface area contributed by atoms with Gasteiger partial charge in [-0.25, -0.2) is 22.0 Å². The maximum atomic E-state index is 13.9. The number of hydrogen-bond acceptors (Lipinski definition) is 10. The highest BCUT2D eigenvalue weighted by atomic mass is 32.2. The summed E-state index contributed by atoms with van der Waals surface area (Å²) in [6.45, 7) is 5.17. The fourth-order valence-corrected chi connectivity index (χ4v) is 7.18. The normalized spacial score (nSPS) is 16.0. The molecule has 0 bridgehead atoms. The Hall–Kier alpha value is -4.12. The second-order valence-corrected chi connectivity index (χ2v) is 13.3. The number of ether oxygens (including phenoxy) is 3. The zero-order valence-electron chi connectivity index (χ0n) is 26.4. The molecule has 13 nitrogen and oxygen atoms in total. The number of carbonyl (C=O) groups excluding carboxylic acids is 2. The van der Waals surface area contributed by atoms with E-state index < -0.39 is 38.6 Å². The van der Waals surface area contributed by atoms with E-state index in [1.165, 1.54) is 20.0 Å². The van der Waals surface area contributed by atoms with E-state index in [1.807, 2.05) is 6.92 Å². The lowest BCUT2D eigenvalue weighted by atomic mass is 10.1. The van der Waals surface area contributed by atoms with Crippen LogP contribution >= 0.6 is 0 Å². The number of methoxy groups -OCH3 is 2. The molecule has 47 heavy (non-hydrogen) atoms. The molecule has 5 rings (SSSR count). The summed E-state index contributed by atoms with van der Waals surface area (Å²) in [6.07, 6.45) is 1.53. The molecule has 1 saturated heterocycles. The van der Waals surface area contributed by atoms with Crippen molar-refractivity contribution < 1.29 is 41.0 Å². The zero-order valence-corrected chi connectivity index (χ0v) is 27.2. The predicted octanol–water partition coefficient (Wildman–Crippen LogP) is 3.70. The Bertz CT molecular complexity index is 1710. The van der Waals surface area contributed by atoms with E-state index in [0.29, 0.717) is 36.4 Å². The van der Waals surface area contributed by atoms with Gasteiger partial charge in [-0.3, -0.25) is 9.69 Å². The fourth-order valence-electron chi connectivity index (χ4n) is 5.73. The molecule has 3 heterocycles. The third kappa shape index (κ3) is 7.89. The first-order valence-corrected chi connectivity index (χ1v) is 16.7. The first-order chi connectivity index (χ1) is 22.5. The summed E-state index contributed by atoms with van der Waals surface area (Å²) in [4.78, 5) is 28.1. The Morgan fingerprint density at radius 1 is 1.04 bits per heavy atom. The largest absolute Gasteiger partial charge is 0.492 e. The number of amides is 1. The Labute approximate surface area is 271 Å². The Morgan fingerprint density at radius 3 is 2.45 bits per heavy atom. The number of nitrogens with zero attached hydrogens (tertiary/aromatic N) is 4. The Balaban J connectivity index is 1.42. The molecule has 2 aliphatic rings. The van der Waals surface area contributed by atoms with Crippen LogP contribution in [0.4, 0.5) is 25.1 Å². The van der Waals surface area contributed by atoms with E-state index in [9.17, 15) is 26.8 Å². The summed E-state index contributed by atoms with van der Waals surface area (Å²) in [7, 11) is -1.62. The van der Waals surface area contributed by atoms with Gasteiger partial charge in [-0.2, -0.15) is 8.99 Å². The van der Waals surface area contributed by atoms with Gasteiger partial charge in [0.2, 0.25) is 10.0 Å². The molecule has 1 aromatic heterocycles. The van der Waals surface area contributed by atoms with Crippen molar-refractivity contribution >= 4 is 33.5 Å². The minimum atomic E-state index is -4.36. The lowest BCUT2D eigenvalue weighted by molar-refractivity contribution is 0.102. The van der Waals surface area contributed by atoms with Crippen molar-refractivity contribution in [1.82, 2.24) is 19.0 Å². The van der Waals surface area contributed by atoms with Crippen molar-refractivity contribution in [2.45, 2.75) is 43.7 Å². The van der Waals surface area contributed by atoms with Gasteiger partial charge < -0.3 is 24.8 Å². The highest BCUT2D eigenvalue weighted by molar-refractivity contribution is 7.89. The number of hydrogen-bond donors (Lipinski definition) is 2. The van der Waals surface area contributed by atoms with Crippen molar-refractivity contribution in [3.05, 3.63) is 64.9 Å². The first kappa shape index (κ1) is 34.2. The van der Waals surface area contributed by atoms with Crippen LogP contribution in [0.5, 0.6) is 5.75 Å².